The molecule has 0 radical (unpaired) electrons. The Bertz CT molecular complexity index is 856. The topological polar surface area (TPSA) is 102 Å². The summed E-state index contributed by atoms with van der Waals surface area (Å²) < 4.78 is 5.94. The van der Waals surface area contributed by atoms with E-state index in [1.165, 1.54) is 0 Å². The van der Waals surface area contributed by atoms with Crippen molar-refractivity contribution in [1.82, 2.24) is 10.6 Å². The number of amides is 2. The number of hydrogen-bond acceptors (Lipinski definition) is 5. The van der Waals surface area contributed by atoms with Crippen molar-refractivity contribution in [2.24, 2.45) is 17.8 Å². The molecule has 0 aliphatic carbocycles. The molecule has 0 bridgehead atoms. The minimum Gasteiger partial charge on any atom is -0.461 e. The molecule has 0 unspecified atom stereocenters. The SMILES string of the molecule is CCCC[C@H](C)[C@@H]1CC(=O)N[C@@H](Cc2ccccc2)C(=O)N[C@@H](C)C(=O)C[C@H]([C@@H](C)CC)C(=O)O1. The normalized spacial score (nSPS) is 26.3. The van der Waals surface area contributed by atoms with Gasteiger partial charge in [-0.1, -0.05) is 77.3 Å². The summed E-state index contributed by atoms with van der Waals surface area (Å²) in [5.74, 6) is -2.12. The molecule has 1 fully saturated rings. The number of carbonyl (C=O) groups excluding carboxylic acids is 4. The third-order valence-corrected chi connectivity index (χ3v) is 7.13. The summed E-state index contributed by atoms with van der Waals surface area (Å²) in [4.78, 5) is 52.5. The first kappa shape index (κ1) is 28.5. The first-order valence-corrected chi connectivity index (χ1v) is 13.0. The summed E-state index contributed by atoms with van der Waals surface area (Å²) >= 11 is 0. The molecular weight excluding hydrogens is 444 g/mol. The van der Waals surface area contributed by atoms with Crippen molar-refractivity contribution in [2.45, 2.75) is 97.8 Å². The lowest BCUT2D eigenvalue weighted by Crippen LogP contribution is -2.52. The molecule has 7 heteroatoms. The molecule has 7 nitrogen and oxygen atoms in total. The third-order valence-electron chi connectivity index (χ3n) is 7.13. The van der Waals surface area contributed by atoms with Crippen molar-refractivity contribution in [2.75, 3.05) is 0 Å². The van der Waals surface area contributed by atoms with E-state index in [1.54, 1.807) is 6.92 Å². The first-order chi connectivity index (χ1) is 16.7. The second kappa shape index (κ2) is 14.0. The minimum absolute atomic E-state index is 0.00389. The van der Waals surface area contributed by atoms with Crippen LogP contribution in [0.3, 0.4) is 0 Å². The number of unbranched alkanes of at least 4 members (excludes halogenated alkanes) is 1. The quantitative estimate of drug-likeness (QED) is 0.541. The van der Waals surface area contributed by atoms with Crippen molar-refractivity contribution >= 4 is 23.6 Å². The van der Waals surface area contributed by atoms with Crippen LogP contribution < -0.4 is 10.6 Å². The number of rotatable bonds is 8. The Balaban J connectivity index is 2.37. The van der Waals surface area contributed by atoms with Crippen LogP contribution in [0.4, 0.5) is 0 Å². The Labute approximate surface area is 209 Å². The number of Topliss-reactive ketones (excluding diaryl/α,β-unsaturated/α-hetero) is 1. The highest BCUT2D eigenvalue weighted by molar-refractivity contribution is 5.94. The predicted octanol–water partition coefficient (Wildman–Crippen LogP) is 3.98. The number of hydrogen-bond donors (Lipinski definition) is 2. The molecule has 1 saturated heterocycles. The van der Waals surface area contributed by atoms with E-state index in [4.69, 9.17) is 4.74 Å². The molecule has 1 heterocycles. The average molecular weight is 487 g/mol. The average Bonchev–Trinajstić information content (AvgIpc) is 2.84. The lowest BCUT2D eigenvalue weighted by molar-refractivity contribution is -0.161. The van der Waals surface area contributed by atoms with Crippen LogP contribution in [0, 0.1) is 17.8 Å². The Hall–Kier alpha value is -2.70. The summed E-state index contributed by atoms with van der Waals surface area (Å²) in [5, 5.41) is 5.59. The van der Waals surface area contributed by atoms with E-state index in [0.717, 1.165) is 24.8 Å². The van der Waals surface area contributed by atoms with Gasteiger partial charge in [-0.3, -0.25) is 19.2 Å². The molecule has 0 spiro atoms. The summed E-state index contributed by atoms with van der Waals surface area (Å²) in [5.41, 5.74) is 0.896. The molecule has 1 aliphatic heterocycles. The molecule has 2 N–H and O–H groups in total. The van der Waals surface area contributed by atoms with Gasteiger partial charge < -0.3 is 15.4 Å². The smallest absolute Gasteiger partial charge is 0.309 e. The Kier molecular flexibility index (Phi) is 11.4. The van der Waals surface area contributed by atoms with Crippen LogP contribution in [0.5, 0.6) is 0 Å². The maximum atomic E-state index is 13.2. The van der Waals surface area contributed by atoms with Crippen molar-refractivity contribution in [3.63, 3.8) is 0 Å². The van der Waals surface area contributed by atoms with Crippen LogP contribution >= 0.6 is 0 Å². The Morgan fingerprint density at radius 2 is 1.66 bits per heavy atom. The van der Waals surface area contributed by atoms with Crippen molar-refractivity contribution < 1.29 is 23.9 Å². The molecule has 194 valence electrons. The van der Waals surface area contributed by atoms with Gasteiger partial charge in [0.2, 0.25) is 11.8 Å². The Morgan fingerprint density at radius 1 is 0.971 bits per heavy atom. The van der Waals surface area contributed by atoms with Crippen LogP contribution in [-0.2, 0) is 30.3 Å². The second-order valence-electron chi connectivity index (χ2n) is 10.0. The van der Waals surface area contributed by atoms with Gasteiger partial charge in [0.25, 0.3) is 0 Å². The van der Waals surface area contributed by atoms with E-state index in [1.807, 2.05) is 51.1 Å². The Morgan fingerprint density at radius 3 is 2.29 bits per heavy atom. The number of nitrogens with one attached hydrogen (secondary N) is 2. The number of benzene rings is 1. The molecule has 2 rings (SSSR count). The van der Waals surface area contributed by atoms with E-state index in [9.17, 15) is 19.2 Å². The zero-order valence-corrected chi connectivity index (χ0v) is 21.8. The van der Waals surface area contributed by atoms with Gasteiger partial charge in [0, 0.05) is 12.8 Å². The van der Waals surface area contributed by atoms with Crippen molar-refractivity contribution in [3.8, 4) is 0 Å². The molecule has 1 aromatic rings. The highest BCUT2D eigenvalue weighted by atomic mass is 16.5. The molecule has 0 saturated carbocycles. The van der Waals surface area contributed by atoms with Gasteiger partial charge in [-0.2, -0.15) is 0 Å². The summed E-state index contributed by atoms with van der Waals surface area (Å²) in [6, 6.07) is 7.80. The van der Waals surface area contributed by atoms with E-state index < -0.39 is 36.0 Å². The number of ether oxygens (including phenoxy) is 1. The molecule has 2 amide bonds. The highest BCUT2D eigenvalue weighted by Crippen LogP contribution is 2.26. The van der Waals surface area contributed by atoms with Gasteiger partial charge in [-0.15, -0.1) is 0 Å². The van der Waals surface area contributed by atoms with Crippen molar-refractivity contribution in [3.05, 3.63) is 35.9 Å². The summed E-state index contributed by atoms with van der Waals surface area (Å²) in [6.45, 7) is 9.60. The van der Waals surface area contributed by atoms with Crippen LogP contribution in [0.1, 0.15) is 78.7 Å². The third kappa shape index (κ3) is 8.79. The molecule has 1 aromatic carbocycles. The minimum atomic E-state index is -0.839. The molecule has 6 atom stereocenters. The van der Waals surface area contributed by atoms with Crippen LogP contribution in [0.15, 0.2) is 30.3 Å². The van der Waals surface area contributed by atoms with Gasteiger partial charge in [0.15, 0.2) is 5.78 Å². The maximum absolute atomic E-state index is 13.2. The molecule has 1 aliphatic rings. The van der Waals surface area contributed by atoms with Crippen LogP contribution in [0.25, 0.3) is 0 Å². The standard InChI is InChI=1S/C28H42N2O5/c1-6-8-12-19(4)25-17-26(32)30-23(15-21-13-10-9-11-14-21)27(33)29-20(5)24(31)16-22(18(3)7-2)28(34)35-25/h9-11,13-14,18-20,22-23,25H,6-8,12,15-17H2,1-5H3,(H,29,33)(H,30,32)/t18-,19-,20-,22+,23-,25-/m0/s1. The fraction of sp³-hybridized carbons (Fsp3) is 0.643. The van der Waals surface area contributed by atoms with Gasteiger partial charge in [-0.05, 0) is 30.7 Å². The molecular formula is C28H42N2O5. The molecule has 0 aromatic heterocycles. The number of cyclic esters (lactones) is 1. The van der Waals surface area contributed by atoms with Crippen LogP contribution in [-0.4, -0.2) is 41.8 Å². The highest BCUT2D eigenvalue weighted by Gasteiger charge is 2.35. The fourth-order valence-electron chi connectivity index (χ4n) is 4.39. The predicted molar refractivity (Wildman–Crippen MR) is 135 cm³/mol. The zero-order chi connectivity index (χ0) is 26.0. The maximum Gasteiger partial charge on any atom is 0.309 e. The monoisotopic (exact) mass is 486 g/mol. The van der Waals surface area contributed by atoms with Gasteiger partial charge in [0.05, 0.1) is 18.4 Å². The number of ketones is 1. The first-order valence-electron chi connectivity index (χ1n) is 13.0. The lowest BCUT2D eigenvalue weighted by Gasteiger charge is -2.28. The van der Waals surface area contributed by atoms with E-state index in [0.29, 0.717) is 12.8 Å². The van der Waals surface area contributed by atoms with Crippen LogP contribution in [0.2, 0.25) is 0 Å². The van der Waals surface area contributed by atoms with Gasteiger partial charge >= 0.3 is 5.97 Å². The zero-order valence-electron chi connectivity index (χ0n) is 21.8. The van der Waals surface area contributed by atoms with Gasteiger partial charge in [-0.25, -0.2) is 0 Å². The van der Waals surface area contributed by atoms with E-state index in [2.05, 4.69) is 17.6 Å². The van der Waals surface area contributed by atoms with E-state index in [-0.39, 0.29) is 36.4 Å². The van der Waals surface area contributed by atoms with Crippen molar-refractivity contribution in [1.29, 1.82) is 0 Å². The lowest BCUT2D eigenvalue weighted by atomic mass is 9.86. The summed E-state index contributed by atoms with van der Waals surface area (Å²) in [7, 11) is 0. The van der Waals surface area contributed by atoms with Gasteiger partial charge in [0.1, 0.15) is 12.1 Å². The fourth-order valence-corrected chi connectivity index (χ4v) is 4.39. The largest absolute Gasteiger partial charge is 0.461 e. The number of carbonyl (C=O) groups is 4. The van der Waals surface area contributed by atoms with E-state index >= 15 is 0 Å². The summed E-state index contributed by atoms with van der Waals surface area (Å²) in [6.07, 6.45) is 3.14. The molecule has 35 heavy (non-hydrogen) atoms. The number of esters is 1. The second-order valence-corrected chi connectivity index (χ2v) is 10.0.